The average molecular weight is 513 g/mol. The molecule has 1 fully saturated rings. The predicted molar refractivity (Wildman–Crippen MR) is 137 cm³/mol. The summed E-state index contributed by atoms with van der Waals surface area (Å²) in [4.78, 5) is 12.3. The summed E-state index contributed by atoms with van der Waals surface area (Å²) in [6.45, 7) is 2.15. The lowest BCUT2D eigenvalue weighted by Crippen LogP contribution is -2.43. The normalized spacial score (nSPS) is 17.6. The molecule has 1 aliphatic heterocycles. The van der Waals surface area contributed by atoms with Crippen molar-refractivity contribution in [3.05, 3.63) is 94.8 Å². The van der Waals surface area contributed by atoms with E-state index in [4.69, 9.17) is 21.1 Å². The molecule has 35 heavy (non-hydrogen) atoms. The number of nitrogens with one attached hydrogen (secondary N) is 1. The van der Waals surface area contributed by atoms with Crippen molar-refractivity contribution >= 4 is 40.7 Å². The fourth-order valence-corrected chi connectivity index (χ4v) is 4.42. The van der Waals surface area contributed by atoms with E-state index in [2.05, 4.69) is 46.0 Å². The molecule has 0 saturated carbocycles. The van der Waals surface area contributed by atoms with Crippen molar-refractivity contribution < 1.29 is 14.3 Å². The number of aromatic nitrogens is 3. The molecular formula is C26H26Cl2N4O3. The quantitative estimate of drug-likeness (QED) is 0.351. The second-order valence-corrected chi connectivity index (χ2v) is 8.74. The standard InChI is InChI=1S/C26H25ClN4O3.ClH/c27-23-8-4-3-7-22(23)26(32)34-17-21-15-31(30-29-21)24-11-12-28-14-25(24)33-16-18-9-10-19-5-1-2-6-20(19)13-18;/h1-10,13,15,24-25,28H,11-12,14,16-17H2;1H. The Bertz CT molecular complexity index is 1300. The minimum absolute atomic E-state index is 0. The first kappa shape index (κ1) is 25.1. The van der Waals surface area contributed by atoms with Gasteiger partial charge in [-0.25, -0.2) is 9.48 Å². The highest BCUT2D eigenvalue weighted by molar-refractivity contribution is 6.33. The van der Waals surface area contributed by atoms with Crippen LogP contribution in [0.15, 0.2) is 72.9 Å². The van der Waals surface area contributed by atoms with Crippen molar-refractivity contribution in [2.24, 2.45) is 0 Å². The van der Waals surface area contributed by atoms with Gasteiger partial charge >= 0.3 is 5.97 Å². The van der Waals surface area contributed by atoms with Crippen LogP contribution in [-0.4, -0.2) is 40.2 Å². The van der Waals surface area contributed by atoms with Gasteiger partial charge in [0.2, 0.25) is 0 Å². The van der Waals surface area contributed by atoms with Gasteiger partial charge in [-0.05, 0) is 47.5 Å². The molecule has 1 saturated heterocycles. The summed E-state index contributed by atoms with van der Waals surface area (Å²) in [5.41, 5.74) is 2.04. The number of piperidine rings is 1. The van der Waals surface area contributed by atoms with Gasteiger partial charge < -0.3 is 14.8 Å². The Kier molecular flexibility index (Phi) is 8.36. The van der Waals surface area contributed by atoms with Crippen molar-refractivity contribution in [2.45, 2.75) is 31.8 Å². The van der Waals surface area contributed by atoms with E-state index in [0.717, 1.165) is 25.1 Å². The number of rotatable bonds is 7. The number of nitrogens with zero attached hydrogens (tertiary/aromatic N) is 3. The van der Waals surface area contributed by atoms with E-state index in [1.54, 1.807) is 24.3 Å². The lowest BCUT2D eigenvalue weighted by molar-refractivity contribution is -0.0113. The summed E-state index contributed by atoms with van der Waals surface area (Å²) in [6, 6.07) is 21.5. The number of carbonyl (C=O) groups is 1. The Hall–Kier alpha value is -2.97. The second-order valence-electron chi connectivity index (χ2n) is 8.34. The molecule has 1 aromatic heterocycles. The monoisotopic (exact) mass is 512 g/mol. The number of benzene rings is 3. The Labute approximate surface area is 214 Å². The van der Waals surface area contributed by atoms with Crippen LogP contribution >= 0.6 is 24.0 Å². The summed E-state index contributed by atoms with van der Waals surface area (Å²) in [6.07, 6.45) is 2.63. The lowest BCUT2D eigenvalue weighted by atomic mass is 10.0. The van der Waals surface area contributed by atoms with Crippen LogP contribution < -0.4 is 5.32 Å². The number of hydrogen-bond donors (Lipinski definition) is 1. The second kappa shape index (κ2) is 11.6. The molecule has 9 heteroatoms. The van der Waals surface area contributed by atoms with Gasteiger partial charge in [0, 0.05) is 6.54 Å². The first-order valence-corrected chi connectivity index (χ1v) is 11.7. The minimum Gasteiger partial charge on any atom is -0.455 e. The third-order valence-corrected chi connectivity index (χ3v) is 6.34. The molecular weight excluding hydrogens is 487 g/mol. The highest BCUT2D eigenvalue weighted by Gasteiger charge is 2.28. The molecule has 1 aliphatic rings. The van der Waals surface area contributed by atoms with Crippen LogP contribution in [0.3, 0.4) is 0 Å². The smallest absolute Gasteiger partial charge is 0.340 e. The molecule has 7 nitrogen and oxygen atoms in total. The van der Waals surface area contributed by atoms with Crippen LogP contribution in [-0.2, 0) is 22.7 Å². The molecule has 0 bridgehead atoms. The van der Waals surface area contributed by atoms with E-state index in [1.807, 2.05) is 23.0 Å². The van der Waals surface area contributed by atoms with E-state index in [-0.39, 0.29) is 31.2 Å². The van der Waals surface area contributed by atoms with Gasteiger partial charge in [-0.2, -0.15) is 0 Å². The number of halogens is 2. The van der Waals surface area contributed by atoms with E-state index in [1.165, 1.54) is 10.8 Å². The third kappa shape index (κ3) is 6.00. The summed E-state index contributed by atoms with van der Waals surface area (Å²) in [5, 5.41) is 14.7. The molecule has 0 spiro atoms. The first-order valence-electron chi connectivity index (χ1n) is 11.3. The van der Waals surface area contributed by atoms with Crippen LogP contribution in [0.1, 0.15) is 34.1 Å². The fourth-order valence-electron chi connectivity index (χ4n) is 4.21. The zero-order valence-corrected chi connectivity index (χ0v) is 20.5. The molecule has 182 valence electrons. The minimum atomic E-state index is -0.487. The lowest BCUT2D eigenvalue weighted by Gasteiger charge is -2.32. The molecule has 5 rings (SSSR count). The summed E-state index contributed by atoms with van der Waals surface area (Å²) in [5.74, 6) is -0.487. The van der Waals surface area contributed by atoms with E-state index < -0.39 is 5.97 Å². The summed E-state index contributed by atoms with van der Waals surface area (Å²) < 4.78 is 13.5. The van der Waals surface area contributed by atoms with Crippen LogP contribution in [0.2, 0.25) is 5.02 Å². The van der Waals surface area contributed by atoms with Crippen LogP contribution in [0, 0.1) is 0 Å². The Balaban J connectivity index is 0.00000289. The first-order chi connectivity index (χ1) is 16.7. The van der Waals surface area contributed by atoms with Crippen molar-refractivity contribution in [1.82, 2.24) is 20.3 Å². The number of ether oxygens (including phenoxy) is 2. The maximum atomic E-state index is 12.3. The van der Waals surface area contributed by atoms with E-state index in [9.17, 15) is 4.79 Å². The van der Waals surface area contributed by atoms with Gasteiger partial charge in [0.1, 0.15) is 12.3 Å². The van der Waals surface area contributed by atoms with Crippen molar-refractivity contribution in [3.63, 3.8) is 0 Å². The maximum absolute atomic E-state index is 12.3. The van der Waals surface area contributed by atoms with E-state index >= 15 is 0 Å². The average Bonchev–Trinajstić information content (AvgIpc) is 3.35. The molecule has 0 amide bonds. The molecule has 2 unspecified atom stereocenters. The zero-order chi connectivity index (χ0) is 23.3. The number of fused-ring (bicyclic) bond motifs is 1. The SMILES string of the molecule is Cl.O=C(OCc1cn(C2CCNCC2OCc2ccc3ccccc3c2)nn1)c1ccccc1Cl. The van der Waals surface area contributed by atoms with Gasteiger partial charge in [-0.1, -0.05) is 65.3 Å². The molecule has 4 aromatic rings. The third-order valence-electron chi connectivity index (χ3n) is 6.01. The number of carbonyl (C=O) groups excluding carboxylic acids is 1. The van der Waals surface area contributed by atoms with Crippen LogP contribution in [0.5, 0.6) is 0 Å². The fraction of sp³-hybridized carbons (Fsp3) is 0.269. The van der Waals surface area contributed by atoms with E-state index in [0.29, 0.717) is 22.9 Å². The molecule has 0 aliphatic carbocycles. The molecule has 1 N–H and O–H groups in total. The highest BCUT2D eigenvalue weighted by atomic mass is 35.5. The molecule has 3 aromatic carbocycles. The molecule has 0 radical (unpaired) electrons. The van der Waals surface area contributed by atoms with Gasteiger partial charge in [0.05, 0.1) is 35.5 Å². The Morgan fingerprint density at radius 2 is 1.86 bits per heavy atom. The Morgan fingerprint density at radius 3 is 2.71 bits per heavy atom. The highest BCUT2D eigenvalue weighted by Crippen LogP contribution is 2.24. The number of hydrogen-bond acceptors (Lipinski definition) is 6. The Morgan fingerprint density at radius 1 is 1.06 bits per heavy atom. The van der Waals surface area contributed by atoms with Gasteiger partial charge in [0.25, 0.3) is 0 Å². The zero-order valence-electron chi connectivity index (χ0n) is 19.0. The van der Waals surface area contributed by atoms with Crippen molar-refractivity contribution in [2.75, 3.05) is 13.1 Å². The van der Waals surface area contributed by atoms with Crippen molar-refractivity contribution in [1.29, 1.82) is 0 Å². The van der Waals surface area contributed by atoms with Gasteiger partial charge in [-0.15, -0.1) is 17.5 Å². The maximum Gasteiger partial charge on any atom is 0.340 e. The molecule has 2 atom stereocenters. The summed E-state index contributed by atoms with van der Waals surface area (Å²) in [7, 11) is 0. The van der Waals surface area contributed by atoms with Gasteiger partial charge in [-0.3, -0.25) is 0 Å². The summed E-state index contributed by atoms with van der Waals surface area (Å²) >= 11 is 6.07. The van der Waals surface area contributed by atoms with Crippen LogP contribution in [0.25, 0.3) is 10.8 Å². The molecule has 2 heterocycles. The number of esters is 1. The van der Waals surface area contributed by atoms with Gasteiger partial charge in [0.15, 0.2) is 0 Å². The van der Waals surface area contributed by atoms with Crippen LogP contribution in [0.4, 0.5) is 0 Å². The van der Waals surface area contributed by atoms with Crippen molar-refractivity contribution in [3.8, 4) is 0 Å². The largest absolute Gasteiger partial charge is 0.455 e. The predicted octanol–water partition coefficient (Wildman–Crippen LogP) is 4.98. The topological polar surface area (TPSA) is 78.3 Å².